The van der Waals surface area contributed by atoms with Gasteiger partial charge in [-0.25, -0.2) is 0 Å². The van der Waals surface area contributed by atoms with Gasteiger partial charge in [-0.3, -0.25) is 9.80 Å². The van der Waals surface area contributed by atoms with Crippen LogP contribution in [0.3, 0.4) is 0 Å². The Labute approximate surface area is 117 Å². The predicted octanol–water partition coefficient (Wildman–Crippen LogP) is 3.25. The maximum atomic E-state index is 3.84. The van der Waals surface area contributed by atoms with Gasteiger partial charge in [-0.1, -0.05) is 43.8 Å². The number of piperazine rings is 1. The van der Waals surface area contributed by atoms with Crippen molar-refractivity contribution in [1.82, 2.24) is 9.80 Å². The third kappa shape index (κ3) is 3.46. The van der Waals surface area contributed by atoms with Gasteiger partial charge in [0.1, 0.15) is 0 Å². The van der Waals surface area contributed by atoms with Crippen molar-refractivity contribution in [3.05, 3.63) is 42.0 Å². The number of rotatable bonds is 4. The first kappa shape index (κ1) is 14.3. The van der Waals surface area contributed by atoms with E-state index in [1.54, 1.807) is 0 Å². The molecular formula is C17H26N2. The SMILES string of the molecule is C=Cc1cccc(CN2CCN(CC)C(C)(C)C2)c1. The van der Waals surface area contributed by atoms with Crippen LogP contribution in [0.4, 0.5) is 0 Å². The van der Waals surface area contributed by atoms with Gasteiger partial charge in [0.2, 0.25) is 0 Å². The van der Waals surface area contributed by atoms with Crippen molar-refractivity contribution in [2.24, 2.45) is 0 Å². The zero-order chi connectivity index (χ0) is 13.9. The highest BCUT2D eigenvalue weighted by molar-refractivity contribution is 5.47. The molecule has 0 bridgehead atoms. The second-order valence-corrected chi connectivity index (χ2v) is 6.05. The normalized spacial score (nSPS) is 20.4. The molecule has 0 aliphatic carbocycles. The Morgan fingerprint density at radius 3 is 2.74 bits per heavy atom. The smallest absolute Gasteiger partial charge is 0.0280 e. The molecule has 0 atom stereocenters. The first-order chi connectivity index (χ1) is 9.05. The monoisotopic (exact) mass is 258 g/mol. The van der Waals surface area contributed by atoms with E-state index < -0.39 is 0 Å². The van der Waals surface area contributed by atoms with Gasteiger partial charge in [-0.15, -0.1) is 0 Å². The predicted molar refractivity (Wildman–Crippen MR) is 83.1 cm³/mol. The van der Waals surface area contributed by atoms with Gasteiger partial charge in [-0.2, -0.15) is 0 Å². The van der Waals surface area contributed by atoms with Crippen LogP contribution in [0.25, 0.3) is 6.08 Å². The van der Waals surface area contributed by atoms with E-state index in [2.05, 4.69) is 61.4 Å². The Hall–Kier alpha value is -1.12. The Balaban J connectivity index is 2.02. The van der Waals surface area contributed by atoms with E-state index in [1.165, 1.54) is 17.7 Å². The largest absolute Gasteiger partial charge is 0.296 e. The van der Waals surface area contributed by atoms with Crippen LogP contribution in [-0.2, 0) is 6.54 Å². The minimum atomic E-state index is 0.281. The van der Waals surface area contributed by atoms with Crippen molar-refractivity contribution >= 4 is 6.08 Å². The maximum Gasteiger partial charge on any atom is 0.0280 e. The number of hydrogen-bond donors (Lipinski definition) is 0. The van der Waals surface area contributed by atoms with Crippen LogP contribution >= 0.6 is 0 Å². The first-order valence-corrected chi connectivity index (χ1v) is 7.24. The van der Waals surface area contributed by atoms with E-state index >= 15 is 0 Å². The van der Waals surface area contributed by atoms with E-state index in [0.717, 1.165) is 26.2 Å². The van der Waals surface area contributed by atoms with Crippen LogP contribution in [0.1, 0.15) is 31.9 Å². The first-order valence-electron chi connectivity index (χ1n) is 7.24. The van der Waals surface area contributed by atoms with Gasteiger partial charge in [0.05, 0.1) is 0 Å². The molecule has 1 aromatic carbocycles. The highest BCUT2D eigenvalue weighted by Crippen LogP contribution is 2.22. The summed E-state index contributed by atoms with van der Waals surface area (Å²) in [5.41, 5.74) is 2.88. The van der Waals surface area contributed by atoms with E-state index in [9.17, 15) is 0 Å². The van der Waals surface area contributed by atoms with Crippen LogP contribution in [0.2, 0.25) is 0 Å². The molecule has 0 spiro atoms. The fraction of sp³-hybridized carbons (Fsp3) is 0.529. The summed E-state index contributed by atoms with van der Waals surface area (Å²) in [5.74, 6) is 0. The molecule has 1 fully saturated rings. The minimum Gasteiger partial charge on any atom is -0.296 e. The Bertz CT molecular complexity index is 437. The molecule has 104 valence electrons. The minimum absolute atomic E-state index is 0.281. The van der Waals surface area contributed by atoms with Crippen LogP contribution < -0.4 is 0 Å². The van der Waals surface area contributed by atoms with E-state index in [0.29, 0.717) is 0 Å². The summed E-state index contributed by atoms with van der Waals surface area (Å²) in [5, 5.41) is 0. The molecule has 2 heteroatoms. The van der Waals surface area contributed by atoms with Crippen LogP contribution in [0.5, 0.6) is 0 Å². The second-order valence-electron chi connectivity index (χ2n) is 6.05. The summed E-state index contributed by atoms with van der Waals surface area (Å²) in [6, 6.07) is 8.69. The summed E-state index contributed by atoms with van der Waals surface area (Å²) >= 11 is 0. The highest BCUT2D eigenvalue weighted by Gasteiger charge is 2.32. The van der Waals surface area contributed by atoms with Crippen molar-refractivity contribution < 1.29 is 0 Å². The molecule has 1 saturated heterocycles. The number of likely N-dealkylation sites (N-methyl/N-ethyl adjacent to an activating group) is 1. The van der Waals surface area contributed by atoms with Crippen LogP contribution in [0, 0.1) is 0 Å². The third-order valence-corrected chi connectivity index (χ3v) is 4.13. The second kappa shape index (κ2) is 5.89. The number of nitrogens with zero attached hydrogens (tertiary/aromatic N) is 2. The molecule has 0 radical (unpaired) electrons. The van der Waals surface area contributed by atoms with Gasteiger partial charge in [0.25, 0.3) is 0 Å². The van der Waals surface area contributed by atoms with Gasteiger partial charge in [0, 0.05) is 31.7 Å². The quantitative estimate of drug-likeness (QED) is 0.818. The van der Waals surface area contributed by atoms with Crippen molar-refractivity contribution in [3.63, 3.8) is 0 Å². The van der Waals surface area contributed by atoms with E-state index in [4.69, 9.17) is 0 Å². The van der Waals surface area contributed by atoms with Crippen molar-refractivity contribution in [1.29, 1.82) is 0 Å². The molecule has 1 aliphatic heterocycles. The standard InChI is InChI=1S/C17H26N2/c1-5-15-8-7-9-16(12-15)13-18-10-11-19(6-2)17(3,4)14-18/h5,7-9,12H,1,6,10-11,13-14H2,2-4H3. The topological polar surface area (TPSA) is 6.48 Å². The van der Waals surface area contributed by atoms with Gasteiger partial charge in [-0.05, 0) is 31.5 Å². The molecule has 0 aromatic heterocycles. The van der Waals surface area contributed by atoms with Gasteiger partial charge >= 0.3 is 0 Å². The van der Waals surface area contributed by atoms with Crippen molar-refractivity contribution in [2.45, 2.75) is 32.9 Å². The van der Waals surface area contributed by atoms with Crippen LogP contribution in [0.15, 0.2) is 30.8 Å². The van der Waals surface area contributed by atoms with Crippen molar-refractivity contribution in [2.75, 3.05) is 26.2 Å². The lowest BCUT2D eigenvalue weighted by Crippen LogP contribution is -2.58. The van der Waals surface area contributed by atoms with E-state index in [1.807, 2.05) is 6.08 Å². The summed E-state index contributed by atoms with van der Waals surface area (Å²) in [6.07, 6.45) is 1.92. The average molecular weight is 258 g/mol. The zero-order valence-electron chi connectivity index (χ0n) is 12.5. The van der Waals surface area contributed by atoms with Crippen LogP contribution in [-0.4, -0.2) is 41.5 Å². The fourth-order valence-electron chi connectivity index (χ4n) is 3.09. The molecular weight excluding hydrogens is 232 g/mol. The Morgan fingerprint density at radius 2 is 2.11 bits per heavy atom. The molecule has 1 heterocycles. The van der Waals surface area contributed by atoms with Gasteiger partial charge in [0.15, 0.2) is 0 Å². The lowest BCUT2D eigenvalue weighted by atomic mass is 9.98. The lowest BCUT2D eigenvalue weighted by Gasteiger charge is -2.47. The molecule has 0 saturated carbocycles. The average Bonchev–Trinajstić information content (AvgIpc) is 2.38. The zero-order valence-corrected chi connectivity index (χ0v) is 12.5. The number of benzene rings is 1. The molecule has 19 heavy (non-hydrogen) atoms. The summed E-state index contributed by atoms with van der Waals surface area (Å²) in [7, 11) is 0. The highest BCUT2D eigenvalue weighted by atomic mass is 15.3. The molecule has 0 amide bonds. The molecule has 0 N–H and O–H groups in total. The lowest BCUT2D eigenvalue weighted by molar-refractivity contribution is 0.0202. The molecule has 0 unspecified atom stereocenters. The summed E-state index contributed by atoms with van der Waals surface area (Å²) in [6.45, 7) is 16.5. The van der Waals surface area contributed by atoms with Crippen molar-refractivity contribution in [3.8, 4) is 0 Å². The third-order valence-electron chi connectivity index (χ3n) is 4.13. The Kier molecular flexibility index (Phi) is 4.43. The molecule has 2 rings (SSSR count). The molecule has 1 aliphatic rings. The van der Waals surface area contributed by atoms with Gasteiger partial charge < -0.3 is 0 Å². The fourth-order valence-corrected chi connectivity index (χ4v) is 3.09. The number of hydrogen-bond acceptors (Lipinski definition) is 2. The Morgan fingerprint density at radius 1 is 1.32 bits per heavy atom. The maximum absolute atomic E-state index is 3.84. The summed E-state index contributed by atoms with van der Waals surface area (Å²) in [4.78, 5) is 5.14. The summed E-state index contributed by atoms with van der Waals surface area (Å²) < 4.78 is 0. The molecule has 2 nitrogen and oxygen atoms in total. The molecule has 1 aromatic rings. The van der Waals surface area contributed by atoms with E-state index in [-0.39, 0.29) is 5.54 Å².